The summed E-state index contributed by atoms with van der Waals surface area (Å²) < 4.78 is 19.0. The van der Waals surface area contributed by atoms with E-state index < -0.39 is 0 Å². The van der Waals surface area contributed by atoms with Gasteiger partial charge in [0.2, 0.25) is 0 Å². The Hall–Kier alpha value is -2.53. The van der Waals surface area contributed by atoms with Crippen LogP contribution in [0.15, 0.2) is 48.7 Å². The molecule has 4 nitrogen and oxygen atoms in total. The molecule has 26 heavy (non-hydrogen) atoms. The van der Waals surface area contributed by atoms with E-state index in [1.807, 2.05) is 20.0 Å². The number of benzene rings is 2. The summed E-state index contributed by atoms with van der Waals surface area (Å²) in [4.78, 5) is 15.2. The molecule has 0 aliphatic heterocycles. The van der Waals surface area contributed by atoms with Gasteiger partial charge >= 0.3 is 0 Å². The van der Waals surface area contributed by atoms with Crippen LogP contribution in [0.2, 0.25) is 5.02 Å². The van der Waals surface area contributed by atoms with Gasteiger partial charge in [-0.05, 0) is 48.0 Å². The predicted molar refractivity (Wildman–Crippen MR) is 101 cm³/mol. The van der Waals surface area contributed by atoms with Crippen LogP contribution in [-0.2, 0) is 10.2 Å². The number of hydrogen-bond donors (Lipinski definition) is 2. The van der Waals surface area contributed by atoms with Crippen molar-refractivity contribution in [3.63, 3.8) is 0 Å². The molecule has 0 unspecified atom stereocenters. The molecule has 0 atom stereocenters. The van der Waals surface area contributed by atoms with E-state index >= 15 is 0 Å². The second-order valence-electron chi connectivity index (χ2n) is 6.80. The first-order valence-corrected chi connectivity index (χ1v) is 8.65. The maximum absolute atomic E-state index is 13.6. The molecule has 1 aromatic heterocycles. The number of aromatic amines is 1. The zero-order valence-corrected chi connectivity index (χ0v) is 15.4. The Bertz CT molecular complexity index is 919. The van der Waals surface area contributed by atoms with Crippen molar-refractivity contribution in [1.29, 1.82) is 0 Å². The molecule has 0 saturated heterocycles. The first kappa shape index (κ1) is 18.3. The fourth-order valence-electron chi connectivity index (χ4n) is 2.80. The molecule has 0 aliphatic rings. The molecule has 0 spiro atoms. The molecule has 0 aliphatic carbocycles. The van der Waals surface area contributed by atoms with Gasteiger partial charge in [0.15, 0.2) is 6.61 Å². The number of H-pyrrole nitrogens is 1. The maximum Gasteiger partial charge on any atom is 0.257 e. The molecule has 3 rings (SSSR count). The quantitative estimate of drug-likeness (QED) is 0.670. The van der Waals surface area contributed by atoms with Gasteiger partial charge in [0.25, 0.3) is 5.91 Å². The number of halogens is 2. The van der Waals surface area contributed by atoms with E-state index in [0.717, 1.165) is 16.5 Å². The average Bonchev–Trinajstić information content (AvgIpc) is 3.03. The molecular formula is C20H20ClFN2O2. The van der Waals surface area contributed by atoms with Gasteiger partial charge in [-0.25, -0.2) is 4.39 Å². The summed E-state index contributed by atoms with van der Waals surface area (Å²) in [5.41, 5.74) is 1.44. The third kappa shape index (κ3) is 4.17. The van der Waals surface area contributed by atoms with Gasteiger partial charge in [-0.15, -0.1) is 0 Å². The summed E-state index contributed by atoms with van der Waals surface area (Å²) in [5, 5.41) is 4.31. The molecule has 1 heterocycles. The number of rotatable bonds is 6. The van der Waals surface area contributed by atoms with E-state index in [9.17, 15) is 9.18 Å². The molecular weight excluding hydrogens is 355 g/mol. The van der Waals surface area contributed by atoms with Gasteiger partial charge in [0.05, 0.1) is 0 Å². The lowest BCUT2D eigenvalue weighted by Crippen LogP contribution is -2.38. The van der Waals surface area contributed by atoms with Crippen LogP contribution in [0.25, 0.3) is 10.9 Å². The van der Waals surface area contributed by atoms with Crippen molar-refractivity contribution in [2.75, 3.05) is 13.2 Å². The van der Waals surface area contributed by atoms with Crippen LogP contribution in [0.1, 0.15) is 19.4 Å². The molecule has 2 aromatic carbocycles. The first-order valence-electron chi connectivity index (χ1n) is 8.27. The highest BCUT2D eigenvalue weighted by atomic mass is 35.5. The molecule has 1 amide bonds. The second-order valence-corrected chi connectivity index (χ2v) is 7.23. The van der Waals surface area contributed by atoms with Crippen molar-refractivity contribution >= 4 is 28.4 Å². The van der Waals surface area contributed by atoms with Gasteiger partial charge in [-0.1, -0.05) is 25.4 Å². The molecule has 0 fully saturated rings. The summed E-state index contributed by atoms with van der Waals surface area (Å²) >= 11 is 5.81. The Morgan fingerprint density at radius 2 is 1.96 bits per heavy atom. The van der Waals surface area contributed by atoms with Gasteiger partial charge in [0.1, 0.15) is 11.6 Å². The molecule has 3 aromatic rings. The fourth-order valence-corrected chi connectivity index (χ4v) is 2.92. The Kier molecular flexibility index (Phi) is 5.18. The van der Waals surface area contributed by atoms with Crippen LogP contribution in [0.4, 0.5) is 4.39 Å². The lowest BCUT2D eigenvalue weighted by atomic mass is 9.84. The zero-order valence-electron chi connectivity index (χ0n) is 14.6. The largest absolute Gasteiger partial charge is 0.484 e. The van der Waals surface area contributed by atoms with Gasteiger partial charge in [-0.2, -0.15) is 0 Å². The number of aromatic nitrogens is 1. The van der Waals surface area contributed by atoms with E-state index in [-0.39, 0.29) is 23.7 Å². The highest BCUT2D eigenvalue weighted by Crippen LogP contribution is 2.30. The third-order valence-electron chi connectivity index (χ3n) is 4.28. The summed E-state index contributed by atoms with van der Waals surface area (Å²) in [6, 6.07) is 11.5. The Morgan fingerprint density at radius 1 is 1.23 bits per heavy atom. The third-order valence-corrected chi connectivity index (χ3v) is 4.54. The molecule has 0 bridgehead atoms. The number of amides is 1. The number of nitrogens with one attached hydrogen (secondary N) is 2. The standard InChI is InChI=1S/C20H20ClFN2O2/c1-20(2,17-10-23-18-8-5-14(22)9-16(17)18)12-24-19(25)11-26-15-6-3-13(21)4-7-15/h3-10,23H,11-12H2,1-2H3,(H,24,25). The number of carbonyl (C=O) groups excluding carboxylic acids is 1. The topological polar surface area (TPSA) is 54.1 Å². The van der Waals surface area contributed by atoms with Gasteiger partial charge in [0, 0.05) is 34.1 Å². The molecule has 0 saturated carbocycles. The highest BCUT2D eigenvalue weighted by Gasteiger charge is 2.25. The van der Waals surface area contributed by atoms with Crippen LogP contribution >= 0.6 is 11.6 Å². The molecule has 0 radical (unpaired) electrons. The second kappa shape index (κ2) is 7.38. The maximum atomic E-state index is 13.6. The zero-order chi connectivity index (χ0) is 18.7. The number of carbonyl (C=O) groups is 1. The normalized spacial score (nSPS) is 11.5. The Balaban J connectivity index is 1.61. The summed E-state index contributed by atoms with van der Waals surface area (Å²) in [6.07, 6.45) is 1.86. The summed E-state index contributed by atoms with van der Waals surface area (Å²) in [5.74, 6) is 0.0736. The lowest BCUT2D eigenvalue weighted by molar-refractivity contribution is -0.123. The molecule has 6 heteroatoms. The summed E-state index contributed by atoms with van der Waals surface area (Å²) in [6.45, 7) is 4.32. The van der Waals surface area contributed by atoms with Crippen LogP contribution < -0.4 is 10.1 Å². The first-order chi connectivity index (χ1) is 12.3. The molecule has 136 valence electrons. The minimum atomic E-state index is -0.373. The Morgan fingerprint density at radius 3 is 2.69 bits per heavy atom. The monoisotopic (exact) mass is 374 g/mol. The minimum Gasteiger partial charge on any atom is -0.484 e. The van der Waals surface area contributed by atoms with E-state index in [4.69, 9.17) is 16.3 Å². The van der Waals surface area contributed by atoms with Gasteiger partial charge < -0.3 is 15.0 Å². The van der Waals surface area contributed by atoms with E-state index in [1.165, 1.54) is 12.1 Å². The van der Waals surface area contributed by atoms with Crippen LogP contribution in [0.5, 0.6) is 5.75 Å². The highest BCUT2D eigenvalue weighted by molar-refractivity contribution is 6.30. The van der Waals surface area contributed by atoms with E-state index in [0.29, 0.717) is 17.3 Å². The fraction of sp³-hybridized carbons (Fsp3) is 0.250. The van der Waals surface area contributed by atoms with Crippen molar-refractivity contribution < 1.29 is 13.9 Å². The van der Waals surface area contributed by atoms with E-state index in [1.54, 1.807) is 30.3 Å². The lowest BCUT2D eigenvalue weighted by Gasteiger charge is -2.25. The predicted octanol–water partition coefficient (Wildman–Crippen LogP) is 4.43. The van der Waals surface area contributed by atoms with Crippen molar-refractivity contribution in [3.8, 4) is 5.75 Å². The number of fused-ring (bicyclic) bond motifs is 1. The van der Waals surface area contributed by atoms with E-state index in [2.05, 4.69) is 10.3 Å². The number of ether oxygens (including phenoxy) is 1. The van der Waals surface area contributed by atoms with Crippen molar-refractivity contribution in [2.24, 2.45) is 0 Å². The van der Waals surface area contributed by atoms with Crippen LogP contribution in [0.3, 0.4) is 0 Å². The average molecular weight is 375 g/mol. The number of hydrogen-bond acceptors (Lipinski definition) is 2. The van der Waals surface area contributed by atoms with Crippen LogP contribution in [-0.4, -0.2) is 24.0 Å². The van der Waals surface area contributed by atoms with Crippen molar-refractivity contribution in [1.82, 2.24) is 10.3 Å². The van der Waals surface area contributed by atoms with Crippen molar-refractivity contribution in [3.05, 3.63) is 65.1 Å². The van der Waals surface area contributed by atoms with Crippen LogP contribution in [0, 0.1) is 5.82 Å². The summed E-state index contributed by atoms with van der Waals surface area (Å²) in [7, 11) is 0. The van der Waals surface area contributed by atoms with Crippen molar-refractivity contribution in [2.45, 2.75) is 19.3 Å². The smallest absolute Gasteiger partial charge is 0.257 e. The minimum absolute atomic E-state index is 0.0831. The van der Waals surface area contributed by atoms with Gasteiger partial charge in [-0.3, -0.25) is 4.79 Å². The molecule has 2 N–H and O–H groups in total. The Labute approximate surface area is 156 Å². The SMILES string of the molecule is CC(C)(CNC(=O)COc1ccc(Cl)cc1)c1c[nH]c2ccc(F)cc12.